The van der Waals surface area contributed by atoms with Crippen molar-refractivity contribution in [2.45, 2.75) is 51.1 Å². The zero-order valence-electron chi connectivity index (χ0n) is 12.0. The largest absolute Gasteiger partial charge is 0.310 e. The van der Waals surface area contributed by atoms with Gasteiger partial charge in [-0.15, -0.1) is 0 Å². The summed E-state index contributed by atoms with van der Waals surface area (Å²) in [7, 11) is 0. The summed E-state index contributed by atoms with van der Waals surface area (Å²) in [5.74, 6) is 0.933. The highest BCUT2D eigenvalue weighted by atomic mass is 35.5. The van der Waals surface area contributed by atoms with Crippen LogP contribution in [0.25, 0.3) is 5.82 Å². The van der Waals surface area contributed by atoms with Gasteiger partial charge in [0.1, 0.15) is 12.1 Å². The van der Waals surface area contributed by atoms with E-state index in [0.29, 0.717) is 6.04 Å². The van der Waals surface area contributed by atoms with Crippen LogP contribution in [0.1, 0.15) is 42.6 Å². The van der Waals surface area contributed by atoms with Crippen LogP contribution in [0.3, 0.4) is 0 Å². The fourth-order valence-electron chi connectivity index (χ4n) is 2.94. The summed E-state index contributed by atoms with van der Waals surface area (Å²) in [6.45, 7) is 0.815. The predicted octanol–water partition coefficient (Wildman–Crippen LogP) is 3.05. The number of nitrogens with zero attached hydrogens (tertiary/aromatic N) is 3. The minimum Gasteiger partial charge on any atom is -0.310 e. The average molecular weight is 303 g/mol. The summed E-state index contributed by atoms with van der Waals surface area (Å²) in [6, 6.07) is 2.77. The van der Waals surface area contributed by atoms with Crippen LogP contribution in [0.2, 0.25) is 5.02 Å². The van der Waals surface area contributed by atoms with E-state index in [4.69, 9.17) is 11.6 Å². The third-order valence-corrected chi connectivity index (χ3v) is 4.70. The Morgan fingerprint density at radius 1 is 1.24 bits per heavy atom. The van der Waals surface area contributed by atoms with E-state index in [1.54, 1.807) is 6.20 Å². The van der Waals surface area contributed by atoms with Crippen LogP contribution in [-0.4, -0.2) is 20.6 Å². The van der Waals surface area contributed by atoms with Crippen molar-refractivity contribution in [2.75, 3.05) is 0 Å². The molecule has 4 rings (SSSR count). The first-order valence-corrected chi connectivity index (χ1v) is 8.12. The third-order valence-electron chi connectivity index (χ3n) is 4.36. The number of hydrogen-bond acceptors (Lipinski definition) is 3. The van der Waals surface area contributed by atoms with Gasteiger partial charge in [-0.05, 0) is 50.2 Å². The van der Waals surface area contributed by atoms with Crippen molar-refractivity contribution in [2.24, 2.45) is 0 Å². The molecule has 2 aliphatic carbocycles. The Morgan fingerprint density at radius 2 is 2.10 bits per heavy atom. The molecule has 5 heteroatoms. The second-order valence-electron chi connectivity index (χ2n) is 6.00. The first-order chi connectivity index (χ1) is 10.3. The number of halogens is 1. The van der Waals surface area contributed by atoms with Crippen molar-refractivity contribution >= 4 is 11.6 Å². The highest BCUT2D eigenvalue weighted by molar-refractivity contribution is 6.31. The second kappa shape index (κ2) is 5.43. The number of aryl methyl sites for hydroxylation is 1. The fourth-order valence-corrected chi connectivity index (χ4v) is 3.11. The topological polar surface area (TPSA) is 42.7 Å². The van der Waals surface area contributed by atoms with E-state index in [1.807, 2.05) is 6.33 Å². The lowest BCUT2D eigenvalue weighted by Crippen LogP contribution is -2.16. The van der Waals surface area contributed by atoms with Crippen molar-refractivity contribution in [3.8, 4) is 5.82 Å². The van der Waals surface area contributed by atoms with Crippen molar-refractivity contribution in [3.05, 3.63) is 40.6 Å². The molecule has 21 heavy (non-hydrogen) atoms. The maximum absolute atomic E-state index is 6.28. The van der Waals surface area contributed by atoms with Crippen LogP contribution < -0.4 is 5.32 Å². The molecule has 110 valence electrons. The molecule has 4 nitrogen and oxygen atoms in total. The van der Waals surface area contributed by atoms with E-state index >= 15 is 0 Å². The average Bonchev–Trinajstić information content (AvgIpc) is 3.24. The number of nitrogens with one attached hydrogen (secondary N) is 1. The van der Waals surface area contributed by atoms with Gasteiger partial charge >= 0.3 is 0 Å². The quantitative estimate of drug-likeness (QED) is 0.944. The maximum atomic E-state index is 6.28. The number of aromatic nitrogens is 3. The standard InChI is InChI=1S/C16H19ClN4/c17-13-9-19-16(7-11(13)8-18-12-5-6-12)21-10-20-14-3-1-2-4-15(14)21/h7,9-10,12,18H,1-6,8H2. The van der Waals surface area contributed by atoms with E-state index in [1.165, 1.54) is 37.1 Å². The summed E-state index contributed by atoms with van der Waals surface area (Å²) in [4.78, 5) is 9.04. The summed E-state index contributed by atoms with van der Waals surface area (Å²) < 4.78 is 2.13. The Hall–Kier alpha value is -1.39. The Labute approximate surface area is 129 Å². The molecule has 0 aliphatic heterocycles. The van der Waals surface area contributed by atoms with E-state index < -0.39 is 0 Å². The van der Waals surface area contributed by atoms with Crippen LogP contribution in [0, 0.1) is 0 Å². The van der Waals surface area contributed by atoms with Gasteiger partial charge in [-0.25, -0.2) is 9.97 Å². The Balaban J connectivity index is 1.64. The predicted molar refractivity (Wildman–Crippen MR) is 82.9 cm³/mol. The van der Waals surface area contributed by atoms with E-state index in [-0.39, 0.29) is 0 Å². The van der Waals surface area contributed by atoms with Gasteiger partial charge in [0.2, 0.25) is 0 Å². The molecule has 0 atom stereocenters. The summed E-state index contributed by atoms with van der Waals surface area (Å²) in [5, 5.41) is 4.25. The summed E-state index contributed by atoms with van der Waals surface area (Å²) in [6.07, 6.45) is 10.9. The van der Waals surface area contributed by atoms with Gasteiger partial charge in [0.15, 0.2) is 0 Å². The molecule has 0 unspecified atom stereocenters. The van der Waals surface area contributed by atoms with Crippen LogP contribution >= 0.6 is 11.6 Å². The molecule has 1 fully saturated rings. The smallest absolute Gasteiger partial charge is 0.138 e. The second-order valence-corrected chi connectivity index (χ2v) is 6.41. The Kier molecular flexibility index (Phi) is 3.43. The summed E-state index contributed by atoms with van der Waals surface area (Å²) >= 11 is 6.28. The minimum absolute atomic E-state index is 0.679. The van der Waals surface area contributed by atoms with Crippen LogP contribution in [-0.2, 0) is 19.4 Å². The maximum Gasteiger partial charge on any atom is 0.138 e. The third kappa shape index (κ3) is 2.70. The normalized spacial score (nSPS) is 17.8. The molecule has 2 aliphatic rings. The van der Waals surface area contributed by atoms with Crippen molar-refractivity contribution in [1.29, 1.82) is 0 Å². The van der Waals surface area contributed by atoms with Gasteiger partial charge in [0.05, 0.1) is 10.7 Å². The molecule has 1 saturated carbocycles. The van der Waals surface area contributed by atoms with Crippen LogP contribution in [0.5, 0.6) is 0 Å². The molecule has 2 aromatic heterocycles. The van der Waals surface area contributed by atoms with Gasteiger partial charge in [0.25, 0.3) is 0 Å². The minimum atomic E-state index is 0.679. The number of pyridine rings is 1. The van der Waals surface area contributed by atoms with Crippen LogP contribution in [0.15, 0.2) is 18.6 Å². The SMILES string of the molecule is Clc1cnc(-n2cnc3c2CCCC3)cc1CNC1CC1. The number of fused-ring (bicyclic) bond motifs is 1. The van der Waals surface area contributed by atoms with E-state index in [0.717, 1.165) is 35.8 Å². The lowest BCUT2D eigenvalue weighted by molar-refractivity contribution is 0.653. The molecule has 0 saturated heterocycles. The monoisotopic (exact) mass is 302 g/mol. The highest BCUT2D eigenvalue weighted by Gasteiger charge is 2.21. The Bertz CT molecular complexity index is 660. The number of imidazole rings is 1. The van der Waals surface area contributed by atoms with Crippen LogP contribution in [0.4, 0.5) is 0 Å². The molecular weight excluding hydrogens is 284 g/mol. The molecule has 0 amide bonds. The van der Waals surface area contributed by atoms with Gasteiger partial charge in [0, 0.05) is 24.5 Å². The molecule has 0 aromatic carbocycles. The lowest BCUT2D eigenvalue weighted by atomic mass is 10.0. The summed E-state index contributed by atoms with van der Waals surface area (Å²) in [5.41, 5.74) is 3.67. The van der Waals surface area contributed by atoms with Gasteiger partial charge in [-0.2, -0.15) is 0 Å². The fraction of sp³-hybridized carbons (Fsp3) is 0.500. The zero-order chi connectivity index (χ0) is 14.2. The number of rotatable bonds is 4. The molecule has 0 spiro atoms. The molecule has 2 aromatic rings. The van der Waals surface area contributed by atoms with Crippen molar-refractivity contribution < 1.29 is 0 Å². The first kappa shape index (κ1) is 13.3. The van der Waals surface area contributed by atoms with Gasteiger partial charge < -0.3 is 5.32 Å². The van der Waals surface area contributed by atoms with E-state index in [2.05, 4.69) is 25.9 Å². The van der Waals surface area contributed by atoms with Gasteiger partial charge in [-0.1, -0.05) is 11.6 Å². The molecule has 1 N–H and O–H groups in total. The molecule has 2 heterocycles. The molecule has 0 radical (unpaired) electrons. The van der Waals surface area contributed by atoms with Crippen molar-refractivity contribution in [3.63, 3.8) is 0 Å². The van der Waals surface area contributed by atoms with E-state index in [9.17, 15) is 0 Å². The number of hydrogen-bond donors (Lipinski definition) is 1. The lowest BCUT2D eigenvalue weighted by Gasteiger charge is -2.14. The first-order valence-electron chi connectivity index (χ1n) is 7.74. The van der Waals surface area contributed by atoms with Gasteiger partial charge in [-0.3, -0.25) is 4.57 Å². The van der Waals surface area contributed by atoms with Crippen molar-refractivity contribution in [1.82, 2.24) is 19.9 Å². The molecular formula is C16H19ClN4. The molecule has 0 bridgehead atoms. The highest BCUT2D eigenvalue weighted by Crippen LogP contribution is 2.25. The zero-order valence-corrected chi connectivity index (χ0v) is 12.7. The Morgan fingerprint density at radius 3 is 2.95 bits per heavy atom.